The van der Waals surface area contributed by atoms with Crippen LogP contribution in [0.25, 0.3) is 10.9 Å². The molecule has 3 saturated heterocycles. The van der Waals surface area contributed by atoms with E-state index in [1.807, 2.05) is 24.3 Å². The molecule has 0 radical (unpaired) electrons. The lowest BCUT2D eigenvalue weighted by atomic mass is 9.73. The molecule has 3 fully saturated rings. The minimum atomic E-state index is -0.504. The van der Waals surface area contributed by atoms with Crippen LogP contribution < -0.4 is 4.74 Å². The molecular formula is C20H29ClN2O4. The minimum absolute atomic E-state index is 0. The Morgan fingerprint density at radius 1 is 1.33 bits per heavy atom. The van der Waals surface area contributed by atoms with E-state index < -0.39 is 6.10 Å². The maximum atomic E-state index is 11.2. The molecule has 5 atom stereocenters. The third-order valence-electron chi connectivity index (χ3n) is 5.82. The number of piperidine rings is 3. The van der Waals surface area contributed by atoms with Crippen molar-refractivity contribution in [1.29, 1.82) is 0 Å². The van der Waals surface area contributed by atoms with Crippen LogP contribution >= 0.6 is 12.4 Å². The first-order valence-electron chi connectivity index (χ1n) is 8.68. The number of ether oxygens (including phenoxy) is 1. The van der Waals surface area contributed by atoms with E-state index in [-0.39, 0.29) is 29.4 Å². The summed E-state index contributed by atoms with van der Waals surface area (Å²) in [4.78, 5) is 6.86. The highest BCUT2D eigenvalue weighted by molar-refractivity contribution is 5.85. The summed E-state index contributed by atoms with van der Waals surface area (Å²) >= 11 is 0. The van der Waals surface area contributed by atoms with Gasteiger partial charge in [0, 0.05) is 24.2 Å². The Morgan fingerprint density at radius 3 is 2.74 bits per heavy atom. The lowest BCUT2D eigenvalue weighted by Gasteiger charge is -2.50. The number of aromatic nitrogens is 1. The summed E-state index contributed by atoms with van der Waals surface area (Å²) in [5.74, 6) is 2.01. The Morgan fingerprint density at radius 2 is 2.11 bits per heavy atom. The zero-order valence-electron chi connectivity index (χ0n) is 15.5. The first-order valence-corrected chi connectivity index (χ1v) is 8.68. The van der Waals surface area contributed by atoms with Crippen molar-refractivity contribution in [2.24, 2.45) is 11.8 Å². The molecule has 1 aromatic carbocycles. The predicted molar refractivity (Wildman–Crippen MR) is 110 cm³/mol. The van der Waals surface area contributed by atoms with Gasteiger partial charge >= 0.3 is 0 Å². The molecular weight excluding hydrogens is 368 g/mol. The highest BCUT2D eigenvalue weighted by atomic mass is 35.5. The Kier molecular flexibility index (Phi) is 8.20. The minimum Gasteiger partial charge on any atom is -0.497 e. The smallest absolute Gasteiger partial charge is 0.119 e. The van der Waals surface area contributed by atoms with Crippen molar-refractivity contribution in [3.8, 4) is 5.75 Å². The maximum absolute atomic E-state index is 11.2. The third-order valence-corrected chi connectivity index (χ3v) is 5.82. The summed E-state index contributed by atoms with van der Waals surface area (Å²) in [5, 5.41) is 12.1. The van der Waals surface area contributed by atoms with E-state index in [2.05, 4.69) is 22.5 Å². The zero-order chi connectivity index (χ0) is 16.7. The largest absolute Gasteiger partial charge is 0.497 e. The van der Waals surface area contributed by atoms with Crippen molar-refractivity contribution < 1.29 is 20.8 Å². The molecule has 0 saturated carbocycles. The van der Waals surface area contributed by atoms with Gasteiger partial charge in [0.25, 0.3) is 0 Å². The van der Waals surface area contributed by atoms with Crippen molar-refractivity contribution >= 4 is 23.3 Å². The van der Waals surface area contributed by atoms with Crippen LogP contribution in [0.1, 0.15) is 24.5 Å². The van der Waals surface area contributed by atoms with E-state index in [1.165, 1.54) is 6.42 Å². The van der Waals surface area contributed by atoms with Crippen molar-refractivity contribution in [3.05, 3.63) is 48.7 Å². The number of methoxy groups -OCH3 is 1. The number of benzene rings is 1. The highest BCUT2D eigenvalue weighted by Gasteiger charge is 2.42. The summed E-state index contributed by atoms with van der Waals surface area (Å²) in [7, 11) is 1.66. The number of halogens is 1. The number of pyridine rings is 1. The van der Waals surface area contributed by atoms with Crippen LogP contribution in [0, 0.1) is 11.8 Å². The molecule has 4 heterocycles. The average Bonchev–Trinajstić information content (AvgIpc) is 2.66. The standard InChI is InChI=1S/C20H24N2O2.ClH.2H2O/c1-3-13-12-22-9-7-14(13)10-19(22)20(23)16-6-8-21-18-5-4-15(24-2)11-17(16)18;;;/h3-6,8,11,13-14,19-20,23H,1,7,9-10,12H2,2H3;1H;2*1H2/t13-,14-,19-,20+;;;/m1.../s1. The van der Waals surface area contributed by atoms with Crippen molar-refractivity contribution in [1.82, 2.24) is 9.88 Å². The van der Waals surface area contributed by atoms with Gasteiger partial charge in [-0.25, -0.2) is 0 Å². The zero-order valence-corrected chi connectivity index (χ0v) is 16.3. The molecule has 5 N–H and O–H groups in total. The molecule has 5 rings (SSSR count). The van der Waals surface area contributed by atoms with Gasteiger partial charge in [0.15, 0.2) is 0 Å². The summed E-state index contributed by atoms with van der Waals surface area (Å²) in [6.07, 6.45) is 5.62. The molecule has 2 bridgehead atoms. The van der Waals surface area contributed by atoms with Crippen LogP contribution in [-0.4, -0.2) is 52.2 Å². The Labute approximate surface area is 165 Å². The fourth-order valence-electron chi connectivity index (χ4n) is 4.44. The second kappa shape index (κ2) is 9.48. The molecule has 0 aliphatic carbocycles. The molecule has 2 aromatic rings. The van der Waals surface area contributed by atoms with Gasteiger partial charge < -0.3 is 20.8 Å². The summed E-state index contributed by atoms with van der Waals surface area (Å²) < 4.78 is 5.35. The monoisotopic (exact) mass is 396 g/mol. The molecule has 150 valence electrons. The topological polar surface area (TPSA) is 109 Å². The highest BCUT2D eigenvalue weighted by Crippen LogP contribution is 2.42. The number of hydrogen-bond donors (Lipinski definition) is 1. The van der Waals surface area contributed by atoms with Gasteiger partial charge in [0.05, 0.1) is 18.7 Å². The number of aliphatic hydroxyl groups is 1. The SMILES string of the molecule is C=C[C@@H]1CN2CC[C@@H]1C[C@@H]2[C@@H](O)c1ccnc2ccc(OC)cc12.Cl.O.O. The second-order valence-corrected chi connectivity index (χ2v) is 6.97. The summed E-state index contributed by atoms with van der Waals surface area (Å²) in [5.41, 5.74) is 1.85. The third kappa shape index (κ3) is 4.10. The molecule has 3 aliphatic heterocycles. The molecule has 7 heteroatoms. The van der Waals surface area contributed by atoms with Gasteiger partial charge in [-0.15, -0.1) is 19.0 Å². The van der Waals surface area contributed by atoms with Crippen molar-refractivity contribution in [2.75, 3.05) is 20.2 Å². The fraction of sp³-hybridized carbons (Fsp3) is 0.450. The van der Waals surface area contributed by atoms with Crippen molar-refractivity contribution in [3.63, 3.8) is 0 Å². The van der Waals surface area contributed by atoms with E-state index in [9.17, 15) is 5.11 Å². The van der Waals surface area contributed by atoms with Gasteiger partial charge in [-0.2, -0.15) is 0 Å². The first kappa shape index (κ1) is 23.3. The van der Waals surface area contributed by atoms with Gasteiger partial charge in [0.1, 0.15) is 5.75 Å². The molecule has 1 unspecified atom stereocenters. The average molecular weight is 397 g/mol. The lowest BCUT2D eigenvalue weighted by Crippen LogP contribution is -2.54. The van der Waals surface area contributed by atoms with Gasteiger partial charge in [0.2, 0.25) is 0 Å². The molecule has 6 nitrogen and oxygen atoms in total. The predicted octanol–water partition coefficient (Wildman–Crippen LogP) is 1.95. The van der Waals surface area contributed by atoms with Crippen LogP contribution in [0.3, 0.4) is 0 Å². The number of fused-ring (bicyclic) bond motifs is 4. The Balaban J connectivity index is 0.00000121. The van der Waals surface area contributed by atoms with Crippen LogP contribution in [0.4, 0.5) is 0 Å². The summed E-state index contributed by atoms with van der Waals surface area (Å²) in [6.45, 7) is 6.07. The molecule has 0 amide bonds. The Hall–Kier alpha value is -1.70. The van der Waals surface area contributed by atoms with E-state index in [0.29, 0.717) is 11.8 Å². The Bertz CT molecular complexity index is 773. The van der Waals surface area contributed by atoms with Crippen LogP contribution in [0.2, 0.25) is 0 Å². The second-order valence-electron chi connectivity index (χ2n) is 6.97. The van der Waals surface area contributed by atoms with Crippen LogP contribution in [0.15, 0.2) is 43.1 Å². The number of rotatable bonds is 4. The molecule has 27 heavy (non-hydrogen) atoms. The maximum Gasteiger partial charge on any atom is 0.119 e. The van der Waals surface area contributed by atoms with Crippen LogP contribution in [0.5, 0.6) is 5.75 Å². The van der Waals surface area contributed by atoms with Gasteiger partial charge in [-0.3, -0.25) is 9.88 Å². The number of nitrogens with zero attached hydrogens (tertiary/aromatic N) is 2. The van der Waals surface area contributed by atoms with E-state index in [1.54, 1.807) is 13.3 Å². The quantitative estimate of drug-likeness (QED) is 0.796. The molecule has 1 aromatic heterocycles. The van der Waals surface area contributed by atoms with Crippen LogP contribution in [-0.2, 0) is 0 Å². The fourth-order valence-corrected chi connectivity index (χ4v) is 4.44. The van der Waals surface area contributed by atoms with E-state index >= 15 is 0 Å². The summed E-state index contributed by atoms with van der Waals surface area (Å²) in [6, 6.07) is 7.96. The van der Waals surface area contributed by atoms with E-state index in [0.717, 1.165) is 41.7 Å². The van der Waals surface area contributed by atoms with Gasteiger partial charge in [-0.1, -0.05) is 6.08 Å². The normalized spacial score (nSPS) is 26.9. The van der Waals surface area contributed by atoms with Gasteiger partial charge in [-0.05, 0) is 61.1 Å². The molecule has 0 spiro atoms. The van der Waals surface area contributed by atoms with Crippen molar-refractivity contribution in [2.45, 2.75) is 25.0 Å². The lowest BCUT2D eigenvalue weighted by molar-refractivity contribution is -0.0444. The molecule has 3 aliphatic rings. The van der Waals surface area contributed by atoms with E-state index in [4.69, 9.17) is 4.74 Å². The number of hydrogen-bond acceptors (Lipinski definition) is 4. The number of aliphatic hydroxyl groups excluding tert-OH is 1. The first-order chi connectivity index (χ1) is 11.7.